The van der Waals surface area contributed by atoms with Crippen molar-refractivity contribution >= 4 is 22.7 Å². The van der Waals surface area contributed by atoms with Crippen molar-refractivity contribution in [3.8, 4) is 5.75 Å². The van der Waals surface area contributed by atoms with E-state index < -0.39 is 0 Å². The zero-order valence-corrected chi connectivity index (χ0v) is 14.2. The van der Waals surface area contributed by atoms with Crippen LogP contribution in [0.15, 0.2) is 48.5 Å². The molecule has 0 radical (unpaired) electrons. The molecule has 0 unspecified atom stereocenters. The molecule has 0 bridgehead atoms. The Morgan fingerprint density at radius 3 is 2.72 bits per heavy atom. The van der Waals surface area contributed by atoms with Crippen LogP contribution in [0.2, 0.25) is 0 Å². The molecule has 3 rings (SSSR count). The Hall–Kier alpha value is -3.15. The number of hydrogen-bond donors (Lipinski definition) is 1. The summed E-state index contributed by atoms with van der Waals surface area (Å²) in [7, 11) is 1.92. The standard InChI is InChI=1S/C19H19N3O3/c1-13(23)14-6-5-7-15(10-14)25-12-19(24)20-11-18-21-16-8-3-4-9-17(16)22(18)2/h3-10H,11-12H2,1-2H3,(H,20,24). The average Bonchev–Trinajstić information content (AvgIpc) is 2.95. The number of rotatable bonds is 6. The zero-order chi connectivity index (χ0) is 17.8. The van der Waals surface area contributed by atoms with E-state index in [-0.39, 0.29) is 18.3 Å². The van der Waals surface area contributed by atoms with E-state index in [1.54, 1.807) is 24.3 Å². The Balaban J connectivity index is 1.57. The number of hydrogen-bond acceptors (Lipinski definition) is 4. The van der Waals surface area contributed by atoms with Crippen molar-refractivity contribution in [3.05, 3.63) is 59.9 Å². The lowest BCUT2D eigenvalue weighted by Crippen LogP contribution is -2.29. The van der Waals surface area contributed by atoms with Gasteiger partial charge in [0.15, 0.2) is 12.4 Å². The van der Waals surface area contributed by atoms with Crippen LogP contribution in [0.1, 0.15) is 23.1 Å². The van der Waals surface area contributed by atoms with Crippen LogP contribution in [-0.4, -0.2) is 27.8 Å². The normalized spacial score (nSPS) is 10.6. The molecular formula is C19H19N3O3. The quantitative estimate of drug-likeness (QED) is 0.701. The maximum absolute atomic E-state index is 12.0. The maximum Gasteiger partial charge on any atom is 0.258 e. The Kier molecular flexibility index (Phi) is 4.79. The van der Waals surface area contributed by atoms with Crippen molar-refractivity contribution in [1.82, 2.24) is 14.9 Å². The predicted octanol–water partition coefficient (Wildman–Crippen LogP) is 2.47. The SMILES string of the molecule is CC(=O)c1cccc(OCC(=O)NCc2nc3ccccc3n2C)c1. The number of benzene rings is 2. The fourth-order valence-corrected chi connectivity index (χ4v) is 2.54. The van der Waals surface area contributed by atoms with E-state index in [4.69, 9.17) is 4.74 Å². The third-order valence-electron chi connectivity index (χ3n) is 3.93. The van der Waals surface area contributed by atoms with Crippen molar-refractivity contribution in [3.63, 3.8) is 0 Å². The summed E-state index contributed by atoms with van der Waals surface area (Å²) in [4.78, 5) is 27.9. The second-order valence-corrected chi connectivity index (χ2v) is 5.73. The van der Waals surface area contributed by atoms with Gasteiger partial charge in [0, 0.05) is 12.6 Å². The number of fused-ring (bicyclic) bond motifs is 1. The second-order valence-electron chi connectivity index (χ2n) is 5.73. The molecule has 1 N–H and O–H groups in total. The highest BCUT2D eigenvalue weighted by atomic mass is 16.5. The van der Waals surface area contributed by atoms with Gasteiger partial charge in [0.2, 0.25) is 0 Å². The van der Waals surface area contributed by atoms with E-state index in [1.807, 2.05) is 35.9 Å². The van der Waals surface area contributed by atoms with Crippen LogP contribution in [0, 0.1) is 0 Å². The number of ether oxygens (including phenoxy) is 1. The summed E-state index contributed by atoms with van der Waals surface area (Å²) in [5.74, 6) is 0.968. The molecular weight excluding hydrogens is 318 g/mol. The number of Topliss-reactive ketones (excluding diaryl/α,β-unsaturated/α-hetero) is 1. The van der Waals surface area contributed by atoms with Crippen LogP contribution >= 0.6 is 0 Å². The van der Waals surface area contributed by atoms with Crippen LogP contribution in [0.5, 0.6) is 5.75 Å². The molecule has 0 atom stereocenters. The van der Waals surface area contributed by atoms with Gasteiger partial charge in [0.1, 0.15) is 11.6 Å². The van der Waals surface area contributed by atoms with E-state index in [9.17, 15) is 9.59 Å². The van der Waals surface area contributed by atoms with E-state index in [2.05, 4.69) is 10.3 Å². The Morgan fingerprint density at radius 2 is 1.96 bits per heavy atom. The molecule has 1 aromatic heterocycles. The number of nitrogens with zero attached hydrogens (tertiary/aromatic N) is 2. The van der Waals surface area contributed by atoms with Gasteiger partial charge in [-0.25, -0.2) is 4.98 Å². The first kappa shape index (κ1) is 16.7. The molecule has 0 saturated carbocycles. The molecule has 0 aliphatic carbocycles. The second kappa shape index (κ2) is 7.17. The van der Waals surface area contributed by atoms with Gasteiger partial charge < -0.3 is 14.6 Å². The number of para-hydroxylation sites is 2. The van der Waals surface area contributed by atoms with Gasteiger partial charge in [0.25, 0.3) is 5.91 Å². The van der Waals surface area contributed by atoms with Gasteiger partial charge in [-0.15, -0.1) is 0 Å². The first-order chi connectivity index (χ1) is 12.0. The van der Waals surface area contributed by atoms with Crippen LogP contribution in [0.3, 0.4) is 0 Å². The van der Waals surface area contributed by atoms with Gasteiger partial charge in [-0.2, -0.15) is 0 Å². The summed E-state index contributed by atoms with van der Waals surface area (Å²) in [6.07, 6.45) is 0. The van der Waals surface area contributed by atoms with Gasteiger partial charge in [-0.1, -0.05) is 24.3 Å². The van der Waals surface area contributed by atoms with E-state index >= 15 is 0 Å². The molecule has 3 aromatic rings. The average molecular weight is 337 g/mol. The third kappa shape index (κ3) is 3.85. The van der Waals surface area contributed by atoms with Crippen LogP contribution in [-0.2, 0) is 18.4 Å². The summed E-state index contributed by atoms with van der Waals surface area (Å²) in [5, 5.41) is 2.79. The van der Waals surface area contributed by atoms with Gasteiger partial charge >= 0.3 is 0 Å². The minimum atomic E-state index is -0.250. The number of ketones is 1. The molecule has 0 saturated heterocycles. The van der Waals surface area contributed by atoms with E-state index in [0.717, 1.165) is 16.9 Å². The summed E-state index contributed by atoms with van der Waals surface area (Å²) < 4.78 is 7.40. The molecule has 0 aliphatic rings. The minimum Gasteiger partial charge on any atom is -0.484 e. The Labute approximate surface area is 145 Å². The van der Waals surface area contributed by atoms with Crippen LogP contribution < -0.4 is 10.1 Å². The number of amides is 1. The number of aryl methyl sites for hydroxylation is 1. The molecule has 2 aromatic carbocycles. The summed E-state index contributed by atoms with van der Waals surface area (Å²) in [6.45, 7) is 1.69. The highest BCUT2D eigenvalue weighted by molar-refractivity contribution is 5.94. The molecule has 1 amide bonds. The number of carbonyl (C=O) groups excluding carboxylic acids is 2. The Bertz CT molecular complexity index is 931. The van der Waals surface area contributed by atoms with Crippen molar-refractivity contribution in [1.29, 1.82) is 0 Å². The van der Waals surface area contributed by atoms with Gasteiger partial charge in [-0.05, 0) is 31.2 Å². The first-order valence-corrected chi connectivity index (χ1v) is 7.95. The van der Waals surface area contributed by atoms with Gasteiger partial charge in [-0.3, -0.25) is 9.59 Å². The molecule has 25 heavy (non-hydrogen) atoms. The molecule has 6 heteroatoms. The van der Waals surface area contributed by atoms with Crippen molar-refractivity contribution in [2.45, 2.75) is 13.5 Å². The maximum atomic E-state index is 12.0. The summed E-state index contributed by atoms with van der Waals surface area (Å²) in [5.41, 5.74) is 2.47. The minimum absolute atomic E-state index is 0.0447. The molecule has 6 nitrogen and oxygen atoms in total. The topological polar surface area (TPSA) is 73.2 Å². The summed E-state index contributed by atoms with van der Waals surface area (Å²) >= 11 is 0. The summed E-state index contributed by atoms with van der Waals surface area (Å²) in [6, 6.07) is 14.6. The predicted molar refractivity (Wildman–Crippen MR) is 94.5 cm³/mol. The molecule has 0 spiro atoms. The van der Waals surface area contributed by atoms with Crippen molar-refractivity contribution in [2.75, 3.05) is 6.61 Å². The zero-order valence-electron chi connectivity index (χ0n) is 14.2. The monoisotopic (exact) mass is 337 g/mol. The smallest absolute Gasteiger partial charge is 0.258 e. The van der Waals surface area contributed by atoms with Crippen LogP contribution in [0.4, 0.5) is 0 Å². The highest BCUT2D eigenvalue weighted by Gasteiger charge is 2.09. The van der Waals surface area contributed by atoms with Crippen molar-refractivity contribution in [2.24, 2.45) is 7.05 Å². The lowest BCUT2D eigenvalue weighted by atomic mass is 10.1. The molecule has 0 fully saturated rings. The molecule has 0 aliphatic heterocycles. The molecule has 1 heterocycles. The van der Waals surface area contributed by atoms with E-state index in [1.165, 1.54) is 6.92 Å². The fourth-order valence-electron chi connectivity index (χ4n) is 2.54. The number of nitrogens with one attached hydrogen (secondary N) is 1. The largest absolute Gasteiger partial charge is 0.484 e. The number of imidazole rings is 1. The Morgan fingerprint density at radius 1 is 1.16 bits per heavy atom. The fraction of sp³-hybridized carbons (Fsp3) is 0.211. The first-order valence-electron chi connectivity index (χ1n) is 7.95. The van der Waals surface area contributed by atoms with Gasteiger partial charge in [0.05, 0.1) is 17.6 Å². The van der Waals surface area contributed by atoms with Crippen LogP contribution in [0.25, 0.3) is 11.0 Å². The lowest BCUT2D eigenvalue weighted by molar-refractivity contribution is -0.123. The van der Waals surface area contributed by atoms with E-state index in [0.29, 0.717) is 17.9 Å². The van der Waals surface area contributed by atoms with Crippen molar-refractivity contribution < 1.29 is 14.3 Å². The third-order valence-corrected chi connectivity index (χ3v) is 3.93. The number of aromatic nitrogens is 2. The molecule has 128 valence electrons. The lowest BCUT2D eigenvalue weighted by Gasteiger charge is -2.08. The highest BCUT2D eigenvalue weighted by Crippen LogP contribution is 2.15. The number of carbonyl (C=O) groups is 2.